The number of hydrogen-bond donors (Lipinski definition) is 0. The molecule has 4 heteroatoms. The molecule has 18 heavy (non-hydrogen) atoms. The summed E-state index contributed by atoms with van der Waals surface area (Å²) in [4.78, 5) is 12.2. The molecule has 0 fully saturated rings. The predicted molar refractivity (Wildman–Crippen MR) is 75.2 cm³/mol. The molecule has 0 atom stereocenters. The molecule has 1 aromatic carbocycles. The Balaban J connectivity index is 0.00000289. The van der Waals surface area contributed by atoms with Gasteiger partial charge in [-0.3, -0.25) is 4.79 Å². The van der Waals surface area contributed by atoms with Crippen LogP contribution < -0.4 is 17.0 Å². The number of carbonyl (C=O) groups is 1. The van der Waals surface area contributed by atoms with Crippen LogP contribution in [-0.4, -0.2) is 36.4 Å². The van der Waals surface area contributed by atoms with Gasteiger partial charge in [-0.25, -0.2) is 0 Å². The van der Waals surface area contributed by atoms with E-state index in [1.807, 2.05) is 24.3 Å². The van der Waals surface area contributed by atoms with E-state index < -0.39 is 0 Å². The molecule has 2 nitrogen and oxygen atoms in total. The van der Waals surface area contributed by atoms with Crippen molar-refractivity contribution in [2.24, 2.45) is 0 Å². The number of ketones is 1. The molecule has 0 radical (unpaired) electrons. The van der Waals surface area contributed by atoms with Crippen LogP contribution in [-0.2, 0) is 0 Å². The summed E-state index contributed by atoms with van der Waals surface area (Å²) in [6, 6.07) is 7.63. The molecule has 1 rings (SSSR count). The topological polar surface area (TPSA) is 17.1 Å². The maximum absolute atomic E-state index is 12.2. The summed E-state index contributed by atoms with van der Waals surface area (Å²) in [5.41, 5.74) is 0.811. The largest absolute Gasteiger partial charge is 1.00 e. The number of quaternary nitrogens is 1. The Kier molecular flexibility index (Phi) is 7.99. The lowest BCUT2D eigenvalue weighted by Crippen LogP contribution is -3.00. The zero-order chi connectivity index (χ0) is 12.9. The Hall–Kier alpha value is -0.190. The molecule has 0 saturated carbocycles. The molecule has 0 bridgehead atoms. The molecule has 0 aliphatic heterocycles. The summed E-state index contributed by atoms with van der Waals surface area (Å²) in [6.07, 6.45) is 0. The van der Waals surface area contributed by atoms with E-state index in [4.69, 9.17) is 0 Å². The Labute approximate surface area is 129 Å². The van der Waals surface area contributed by atoms with Crippen molar-refractivity contribution in [1.82, 2.24) is 0 Å². The van der Waals surface area contributed by atoms with Gasteiger partial charge in [0.05, 0.1) is 19.6 Å². The summed E-state index contributed by atoms with van der Waals surface area (Å²) < 4.78 is 1.88. The van der Waals surface area contributed by atoms with Gasteiger partial charge in [0.25, 0.3) is 0 Å². The SMILES string of the molecule is CC[N+](CC)(CC)CC(=O)c1ccc(Br)cc1.[Br-]. The first-order valence-electron chi connectivity index (χ1n) is 6.20. The molecule has 0 heterocycles. The highest BCUT2D eigenvalue weighted by Crippen LogP contribution is 2.13. The first-order chi connectivity index (χ1) is 8.06. The Bertz CT molecular complexity index is 364. The number of nitrogens with zero attached hydrogens (tertiary/aromatic N) is 1. The third kappa shape index (κ3) is 4.48. The normalized spacial score (nSPS) is 10.9. The third-order valence-corrected chi connectivity index (χ3v) is 4.19. The summed E-state index contributed by atoms with van der Waals surface area (Å²) >= 11 is 3.38. The van der Waals surface area contributed by atoms with Gasteiger partial charge in [0.1, 0.15) is 6.54 Å². The van der Waals surface area contributed by atoms with Crippen LogP contribution in [0.25, 0.3) is 0 Å². The minimum Gasteiger partial charge on any atom is -1.00 e. The number of carbonyl (C=O) groups excluding carboxylic acids is 1. The molecule has 0 saturated heterocycles. The second-order valence-electron chi connectivity index (χ2n) is 4.38. The van der Waals surface area contributed by atoms with Crippen LogP contribution in [0, 0.1) is 0 Å². The van der Waals surface area contributed by atoms with Gasteiger partial charge in [-0.15, -0.1) is 0 Å². The van der Waals surface area contributed by atoms with Gasteiger partial charge in [0, 0.05) is 10.0 Å². The first-order valence-corrected chi connectivity index (χ1v) is 7.00. The van der Waals surface area contributed by atoms with Gasteiger partial charge in [0.2, 0.25) is 5.78 Å². The fourth-order valence-electron chi connectivity index (χ4n) is 2.04. The average Bonchev–Trinajstić information content (AvgIpc) is 2.37. The van der Waals surface area contributed by atoms with E-state index in [-0.39, 0.29) is 22.8 Å². The fourth-order valence-corrected chi connectivity index (χ4v) is 2.30. The van der Waals surface area contributed by atoms with Crippen molar-refractivity contribution in [3.8, 4) is 0 Å². The van der Waals surface area contributed by atoms with Crippen molar-refractivity contribution in [2.45, 2.75) is 20.8 Å². The number of Topliss-reactive ketones (excluding diaryl/α,β-unsaturated/α-hetero) is 1. The van der Waals surface area contributed by atoms with Crippen LogP contribution in [0.15, 0.2) is 28.7 Å². The Morgan fingerprint density at radius 1 is 1.06 bits per heavy atom. The summed E-state index contributed by atoms with van der Waals surface area (Å²) in [5.74, 6) is 0.239. The van der Waals surface area contributed by atoms with Crippen LogP contribution in [0.1, 0.15) is 31.1 Å². The van der Waals surface area contributed by atoms with Crippen LogP contribution in [0.5, 0.6) is 0 Å². The summed E-state index contributed by atoms with van der Waals surface area (Å²) in [5, 5.41) is 0. The Morgan fingerprint density at radius 3 is 1.89 bits per heavy atom. The van der Waals surface area contributed by atoms with Crippen molar-refractivity contribution >= 4 is 21.7 Å². The molecule has 1 aromatic rings. The molecule has 0 aliphatic carbocycles. The molecule has 102 valence electrons. The second kappa shape index (κ2) is 8.08. The van der Waals surface area contributed by atoms with Crippen molar-refractivity contribution in [3.63, 3.8) is 0 Å². The van der Waals surface area contributed by atoms with E-state index in [0.29, 0.717) is 6.54 Å². The number of rotatable bonds is 6. The van der Waals surface area contributed by atoms with E-state index in [0.717, 1.165) is 34.2 Å². The molecule has 0 aliphatic rings. The molecule has 0 aromatic heterocycles. The van der Waals surface area contributed by atoms with Crippen LogP contribution in [0.2, 0.25) is 0 Å². The average molecular weight is 379 g/mol. The highest BCUT2D eigenvalue weighted by molar-refractivity contribution is 9.10. The summed E-state index contributed by atoms with van der Waals surface area (Å²) in [7, 11) is 0. The van der Waals surface area contributed by atoms with E-state index in [1.165, 1.54) is 0 Å². The third-order valence-electron chi connectivity index (χ3n) is 3.66. The van der Waals surface area contributed by atoms with E-state index >= 15 is 0 Å². The van der Waals surface area contributed by atoms with Gasteiger partial charge < -0.3 is 21.5 Å². The molecular formula is C14H21Br2NO. The highest BCUT2D eigenvalue weighted by Gasteiger charge is 2.25. The number of likely N-dealkylation sites (N-methyl/N-ethyl adjacent to an activating group) is 1. The number of hydrogen-bond acceptors (Lipinski definition) is 1. The number of halogens is 2. The molecule has 0 spiro atoms. The zero-order valence-electron chi connectivity index (χ0n) is 11.2. The highest BCUT2D eigenvalue weighted by atomic mass is 79.9. The van der Waals surface area contributed by atoms with E-state index in [1.54, 1.807) is 0 Å². The quantitative estimate of drug-likeness (QED) is 0.520. The molecular weight excluding hydrogens is 358 g/mol. The van der Waals surface area contributed by atoms with Crippen LogP contribution in [0.3, 0.4) is 0 Å². The van der Waals surface area contributed by atoms with Crippen molar-refractivity contribution in [3.05, 3.63) is 34.3 Å². The lowest BCUT2D eigenvalue weighted by atomic mass is 10.1. The van der Waals surface area contributed by atoms with Crippen molar-refractivity contribution < 1.29 is 26.3 Å². The van der Waals surface area contributed by atoms with Gasteiger partial charge in [-0.1, -0.05) is 28.1 Å². The second-order valence-corrected chi connectivity index (χ2v) is 5.29. The lowest BCUT2D eigenvalue weighted by molar-refractivity contribution is -0.915. The minimum absolute atomic E-state index is 0. The summed E-state index contributed by atoms with van der Waals surface area (Å²) in [6.45, 7) is 10.1. The number of benzene rings is 1. The lowest BCUT2D eigenvalue weighted by Gasteiger charge is -2.35. The van der Waals surface area contributed by atoms with Gasteiger partial charge in [0.15, 0.2) is 0 Å². The van der Waals surface area contributed by atoms with E-state index in [2.05, 4.69) is 36.7 Å². The maximum Gasteiger partial charge on any atom is 0.216 e. The molecule has 0 unspecified atom stereocenters. The maximum atomic E-state index is 12.2. The minimum atomic E-state index is 0. The fraction of sp³-hybridized carbons (Fsp3) is 0.500. The molecule has 0 N–H and O–H groups in total. The standard InChI is InChI=1S/C14H21BrNO.BrH/c1-4-16(5-2,6-3)11-14(17)12-7-9-13(15)10-8-12;/h7-10H,4-6,11H2,1-3H3;1H/q+1;/p-1. The van der Waals surface area contributed by atoms with Crippen LogP contribution in [0.4, 0.5) is 0 Å². The van der Waals surface area contributed by atoms with Gasteiger partial charge in [-0.05, 0) is 32.9 Å². The zero-order valence-corrected chi connectivity index (χ0v) is 14.4. The van der Waals surface area contributed by atoms with E-state index in [9.17, 15) is 4.79 Å². The van der Waals surface area contributed by atoms with Crippen molar-refractivity contribution in [1.29, 1.82) is 0 Å². The first kappa shape index (κ1) is 17.8. The predicted octanol–water partition coefficient (Wildman–Crippen LogP) is 0.512. The van der Waals surface area contributed by atoms with Crippen LogP contribution >= 0.6 is 15.9 Å². The molecule has 0 amide bonds. The monoisotopic (exact) mass is 377 g/mol. The van der Waals surface area contributed by atoms with Crippen molar-refractivity contribution in [2.75, 3.05) is 26.2 Å². The smallest absolute Gasteiger partial charge is 0.216 e. The Morgan fingerprint density at radius 2 is 1.50 bits per heavy atom. The van der Waals surface area contributed by atoms with Gasteiger partial charge in [-0.2, -0.15) is 0 Å². The van der Waals surface area contributed by atoms with Gasteiger partial charge >= 0.3 is 0 Å².